The number of methoxy groups -OCH3 is 2. The second-order valence-corrected chi connectivity index (χ2v) is 6.44. The van der Waals surface area contributed by atoms with Crippen molar-refractivity contribution in [2.75, 3.05) is 20.8 Å². The number of nitrogens with zero attached hydrogens (tertiary/aromatic N) is 1. The second-order valence-electron chi connectivity index (χ2n) is 6.44. The van der Waals surface area contributed by atoms with Crippen molar-refractivity contribution in [2.45, 2.75) is 44.8 Å². The van der Waals surface area contributed by atoms with Gasteiger partial charge in [0.1, 0.15) is 24.1 Å². The molecule has 0 bridgehead atoms. The van der Waals surface area contributed by atoms with Gasteiger partial charge in [-0.25, -0.2) is 0 Å². The van der Waals surface area contributed by atoms with E-state index in [4.69, 9.17) is 14.2 Å². The first-order valence-corrected chi connectivity index (χ1v) is 8.59. The SMILES string of the molecule is COc1ccc([C@H](C#N)NC(=O)CO[C@H]2CCC[C@@H](C)C2)c(OC)c1. The molecule has 3 atom stereocenters. The van der Waals surface area contributed by atoms with Gasteiger partial charge in [-0.05, 0) is 30.9 Å². The van der Waals surface area contributed by atoms with Crippen LogP contribution < -0.4 is 14.8 Å². The smallest absolute Gasteiger partial charge is 0.247 e. The van der Waals surface area contributed by atoms with E-state index < -0.39 is 6.04 Å². The van der Waals surface area contributed by atoms with Gasteiger partial charge in [-0.15, -0.1) is 0 Å². The Hall–Kier alpha value is -2.26. The van der Waals surface area contributed by atoms with Crippen LogP contribution >= 0.6 is 0 Å². The Morgan fingerprint density at radius 3 is 2.80 bits per heavy atom. The number of carbonyl (C=O) groups is 1. The van der Waals surface area contributed by atoms with Crippen LogP contribution in [0.4, 0.5) is 0 Å². The minimum atomic E-state index is -0.803. The fraction of sp³-hybridized carbons (Fsp3) is 0.579. The standard InChI is InChI=1S/C19H26N2O4/c1-13-5-4-6-15(9-13)25-12-19(22)21-17(11-20)16-8-7-14(23-2)10-18(16)24-3/h7-8,10,13,15,17H,4-6,9,12H2,1-3H3,(H,21,22)/t13-,15+,17+/m1/s1. The summed E-state index contributed by atoms with van der Waals surface area (Å²) in [5.74, 6) is 1.45. The lowest BCUT2D eigenvalue weighted by Gasteiger charge is -2.26. The van der Waals surface area contributed by atoms with Crippen LogP contribution in [0.25, 0.3) is 0 Å². The number of amides is 1. The van der Waals surface area contributed by atoms with Crippen molar-refractivity contribution < 1.29 is 19.0 Å². The average Bonchev–Trinajstić information content (AvgIpc) is 2.64. The van der Waals surface area contributed by atoms with E-state index in [1.807, 2.05) is 0 Å². The number of rotatable bonds is 7. The van der Waals surface area contributed by atoms with Gasteiger partial charge in [0.2, 0.25) is 5.91 Å². The van der Waals surface area contributed by atoms with Crippen LogP contribution in [0.3, 0.4) is 0 Å². The molecule has 0 unspecified atom stereocenters. The highest BCUT2D eigenvalue weighted by Gasteiger charge is 2.22. The van der Waals surface area contributed by atoms with Crippen molar-refractivity contribution in [3.63, 3.8) is 0 Å². The number of hydrogen-bond acceptors (Lipinski definition) is 5. The van der Waals surface area contributed by atoms with E-state index in [0.29, 0.717) is 23.0 Å². The summed E-state index contributed by atoms with van der Waals surface area (Å²) in [5.41, 5.74) is 0.588. The Kier molecular flexibility index (Phi) is 7.08. The molecule has 1 fully saturated rings. The van der Waals surface area contributed by atoms with Gasteiger partial charge >= 0.3 is 0 Å². The zero-order valence-corrected chi connectivity index (χ0v) is 15.1. The summed E-state index contributed by atoms with van der Waals surface area (Å²) >= 11 is 0. The molecule has 6 heteroatoms. The van der Waals surface area contributed by atoms with Crippen molar-refractivity contribution in [3.05, 3.63) is 23.8 Å². The molecule has 1 saturated carbocycles. The Balaban J connectivity index is 1.95. The summed E-state index contributed by atoms with van der Waals surface area (Å²) in [6.07, 6.45) is 4.47. The highest BCUT2D eigenvalue weighted by molar-refractivity contribution is 5.78. The molecule has 1 amide bonds. The molecule has 0 aliphatic heterocycles. The lowest BCUT2D eigenvalue weighted by Crippen LogP contribution is -2.33. The van der Waals surface area contributed by atoms with Gasteiger partial charge in [-0.3, -0.25) is 4.79 Å². The fourth-order valence-electron chi connectivity index (χ4n) is 3.16. The summed E-state index contributed by atoms with van der Waals surface area (Å²) in [5, 5.41) is 12.1. The molecule has 0 radical (unpaired) electrons. The summed E-state index contributed by atoms with van der Waals surface area (Å²) in [7, 11) is 3.07. The summed E-state index contributed by atoms with van der Waals surface area (Å²) in [6, 6.07) is 6.43. The van der Waals surface area contributed by atoms with Crippen LogP contribution in [0, 0.1) is 17.2 Å². The predicted octanol–water partition coefficient (Wildman–Crippen LogP) is 2.98. The molecular formula is C19H26N2O4. The minimum Gasteiger partial charge on any atom is -0.497 e. The Morgan fingerprint density at radius 1 is 1.36 bits per heavy atom. The number of ether oxygens (including phenoxy) is 3. The maximum Gasteiger partial charge on any atom is 0.247 e. The molecule has 1 N–H and O–H groups in total. The molecule has 25 heavy (non-hydrogen) atoms. The topological polar surface area (TPSA) is 80.6 Å². The largest absolute Gasteiger partial charge is 0.497 e. The fourth-order valence-corrected chi connectivity index (χ4v) is 3.16. The number of nitriles is 1. The Morgan fingerprint density at radius 2 is 2.16 bits per heavy atom. The summed E-state index contributed by atoms with van der Waals surface area (Å²) < 4.78 is 16.2. The Bertz CT molecular complexity index is 626. The van der Waals surface area contributed by atoms with Gasteiger partial charge in [0.25, 0.3) is 0 Å². The number of hydrogen-bond donors (Lipinski definition) is 1. The second kappa shape index (κ2) is 9.28. The maximum absolute atomic E-state index is 12.2. The number of carbonyl (C=O) groups excluding carboxylic acids is 1. The molecule has 2 rings (SSSR count). The van der Waals surface area contributed by atoms with Crippen LogP contribution in [0.2, 0.25) is 0 Å². The third kappa shape index (κ3) is 5.36. The average molecular weight is 346 g/mol. The van der Waals surface area contributed by atoms with E-state index in [2.05, 4.69) is 18.3 Å². The lowest BCUT2D eigenvalue weighted by molar-refractivity contribution is -0.129. The lowest BCUT2D eigenvalue weighted by atomic mass is 9.89. The summed E-state index contributed by atoms with van der Waals surface area (Å²) in [6.45, 7) is 2.17. The predicted molar refractivity (Wildman–Crippen MR) is 93.4 cm³/mol. The Labute approximate surface area is 149 Å². The van der Waals surface area contributed by atoms with Crippen LogP contribution in [0.1, 0.15) is 44.2 Å². The molecule has 0 heterocycles. The van der Waals surface area contributed by atoms with Gasteiger partial charge in [0.05, 0.1) is 26.4 Å². The molecule has 1 aromatic carbocycles. The van der Waals surface area contributed by atoms with E-state index in [1.54, 1.807) is 25.3 Å². The van der Waals surface area contributed by atoms with Gasteiger partial charge in [0.15, 0.2) is 0 Å². The van der Waals surface area contributed by atoms with Gasteiger partial charge < -0.3 is 19.5 Å². The van der Waals surface area contributed by atoms with Crippen molar-refractivity contribution in [1.29, 1.82) is 5.26 Å². The van der Waals surface area contributed by atoms with Gasteiger partial charge in [0, 0.05) is 11.6 Å². The number of nitrogens with one attached hydrogen (secondary N) is 1. The molecule has 0 aromatic heterocycles. The van der Waals surface area contributed by atoms with Crippen LogP contribution in [-0.2, 0) is 9.53 Å². The molecule has 0 saturated heterocycles. The van der Waals surface area contributed by atoms with E-state index in [-0.39, 0.29) is 18.6 Å². The first-order valence-electron chi connectivity index (χ1n) is 8.59. The summed E-state index contributed by atoms with van der Waals surface area (Å²) in [4.78, 5) is 12.2. The van der Waals surface area contributed by atoms with E-state index in [9.17, 15) is 10.1 Å². The highest BCUT2D eigenvalue weighted by atomic mass is 16.5. The molecule has 6 nitrogen and oxygen atoms in total. The van der Waals surface area contributed by atoms with Crippen LogP contribution in [-0.4, -0.2) is 32.8 Å². The molecule has 1 aliphatic rings. The highest BCUT2D eigenvalue weighted by Crippen LogP contribution is 2.29. The monoisotopic (exact) mass is 346 g/mol. The third-order valence-electron chi connectivity index (χ3n) is 4.52. The zero-order chi connectivity index (χ0) is 18.2. The van der Waals surface area contributed by atoms with Crippen LogP contribution in [0.15, 0.2) is 18.2 Å². The molecule has 0 spiro atoms. The van der Waals surface area contributed by atoms with Crippen molar-refractivity contribution in [2.24, 2.45) is 5.92 Å². The van der Waals surface area contributed by atoms with E-state index in [1.165, 1.54) is 13.5 Å². The minimum absolute atomic E-state index is 0.0337. The van der Waals surface area contributed by atoms with Crippen molar-refractivity contribution in [1.82, 2.24) is 5.32 Å². The molecule has 1 aromatic rings. The van der Waals surface area contributed by atoms with E-state index in [0.717, 1.165) is 19.3 Å². The third-order valence-corrected chi connectivity index (χ3v) is 4.52. The van der Waals surface area contributed by atoms with Gasteiger partial charge in [-0.1, -0.05) is 19.8 Å². The quantitative estimate of drug-likeness (QED) is 0.821. The van der Waals surface area contributed by atoms with E-state index >= 15 is 0 Å². The first-order chi connectivity index (χ1) is 12.1. The molecule has 1 aliphatic carbocycles. The van der Waals surface area contributed by atoms with Crippen molar-refractivity contribution in [3.8, 4) is 17.6 Å². The maximum atomic E-state index is 12.2. The van der Waals surface area contributed by atoms with Crippen molar-refractivity contribution >= 4 is 5.91 Å². The molecule has 136 valence electrons. The normalized spacial score (nSPS) is 21.0. The van der Waals surface area contributed by atoms with Crippen LogP contribution in [0.5, 0.6) is 11.5 Å². The number of benzene rings is 1. The first kappa shape index (κ1) is 19.1. The molecular weight excluding hydrogens is 320 g/mol. The zero-order valence-electron chi connectivity index (χ0n) is 15.1. The van der Waals surface area contributed by atoms with Gasteiger partial charge in [-0.2, -0.15) is 5.26 Å².